The summed E-state index contributed by atoms with van der Waals surface area (Å²) in [5.74, 6) is 1.78. The molecule has 0 bridgehead atoms. The van der Waals surface area contributed by atoms with Crippen molar-refractivity contribution in [2.45, 2.75) is 51.5 Å². The van der Waals surface area contributed by atoms with Gasteiger partial charge in [-0.1, -0.05) is 37.5 Å². The van der Waals surface area contributed by atoms with Crippen LogP contribution in [0.2, 0.25) is 0 Å². The SMILES string of the molecule is C=CCc1cccc(OCCOC)c1.CNc1sc2c(c1C#N)CN(CC1CCCCC1)CC2. The first-order chi connectivity index (χ1) is 16.7. The smallest absolute Gasteiger partial charge is 0.119 e. The molecule has 1 aromatic carbocycles. The van der Waals surface area contributed by atoms with Crippen LogP contribution in [-0.4, -0.2) is 45.4 Å². The molecule has 2 aromatic rings. The molecule has 6 heteroatoms. The number of nitrogens with one attached hydrogen (secondary N) is 1. The first-order valence-corrected chi connectivity index (χ1v) is 13.3. The van der Waals surface area contributed by atoms with Crippen LogP contribution in [0.4, 0.5) is 5.00 Å². The second kappa shape index (κ2) is 14.2. The lowest BCUT2D eigenvalue weighted by atomic mass is 9.88. The van der Waals surface area contributed by atoms with E-state index in [0.717, 1.165) is 48.2 Å². The highest BCUT2D eigenvalue weighted by atomic mass is 32.1. The van der Waals surface area contributed by atoms with Crippen molar-refractivity contribution in [1.82, 2.24) is 4.90 Å². The number of hydrogen-bond acceptors (Lipinski definition) is 6. The van der Waals surface area contributed by atoms with E-state index in [1.165, 1.54) is 54.7 Å². The molecule has 5 nitrogen and oxygen atoms in total. The molecule has 0 spiro atoms. The summed E-state index contributed by atoms with van der Waals surface area (Å²) in [4.78, 5) is 4.00. The maximum absolute atomic E-state index is 9.40. The molecule has 1 fully saturated rings. The molecule has 1 saturated carbocycles. The Labute approximate surface area is 209 Å². The monoisotopic (exact) mass is 481 g/mol. The zero-order chi connectivity index (χ0) is 24.2. The van der Waals surface area contributed by atoms with Gasteiger partial charge in [0, 0.05) is 44.2 Å². The van der Waals surface area contributed by atoms with Crippen LogP contribution in [0.3, 0.4) is 0 Å². The number of allylic oxidation sites excluding steroid dienone is 1. The van der Waals surface area contributed by atoms with Gasteiger partial charge in [-0.05, 0) is 49.3 Å². The van der Waals surface area contributed by atoms with Crippen LogP contribution in [0.25, 0.3) is 0 Å². The summed E-state index contributed by atoms with van der Waals surface area (Å²) < 4.78 is 10.4. The molecule has 2 aliphatic rings. The Morgan fingerprint density at radius 2 is 2.09 bits per heavy atom. The van der Waals surface area contributed by atoms with Gasteiger partial charge in [-0.25, -0.2) is 0 Å². The summed E-state index contributed by atoms with van der Waals surface area (Å²) in [5.41, 5.74) is 3.40. The lowest BCUT2D eigenvalue weighted by Crippen LogP contribution is -2.34. The average molecular weight is 482 g/mol. The Morgan fingerprint density at radius 3 is 2.79 bits per heavy atom. The van der Waals surface area contributed by atoms with Gasteiger partial charge in [0.05, 0.1) is 12.2 Å². The van der Waals surface area contributed by atoms with Crippen molar-refractivity contribution in [2.24, 2.45) is 5.92 Å². The Morgan fingerprint density at radius 1 is 1.26 bits per heavy atom. The third-order valence-electron chi connectivity index (χ3n) is 6.54. The van der Waals surface area contributed by atoms with Crippen LogP contribution in [0.1, 0.15) is 53.7 Å². The summed E-state index contributed by atoms with van der Waals surface area (Å²) in [6, 6.07) is 10.4. The number of nitriles is 1. The maximum atomic E-state index is 9.40. The Balaban J connectivity index is 0.000000204. The van der Waals surface area contributed by atoms with Crippen molar-refractivity contribution in [3.05, 3.63) is 58.5 Å². The fourth-order valence-electron chi connectivity index (χ4n) is 4.80. The van der Waals surface area contributed by atoms with Gasteiger partial charge < -0.3 is 14.8 Å². The third kappa shape index (κ3) is 7.59. The van der Waals surface area contributed by atoms with Crippen molar-refractivity contribution in [2.75, 3.05) is 45.8 Å². The number of fused-ring (bicyclic) bond motifs is 1. The molecule has 0 radical (unpaired) electrons. The second-order valence-corrected chi connectivity index (χ2v) is 10.1. The van der Waals surface area contributed by atoms with Crippen LogP contribution in [-0.2, 0) is 24.1 Å². The van der Waals surface area contributed by atoms with E-state index in [1.807, 2.05) is 31.3 Å². The summed E-state index contributed by atoms with van der Waals surface area (Å²) in [6.45, 7) is 8.28. The standard InChI is InChI=1S/C16H23N3S.C12H16O2/c1-18-16-13(9-17)14-11-19(8-7-15(14)20-16)10-12-5-3-2-4-6-12;1-3-5-11-6-4-7-12(10-11)14-9-8-13-2/h12,18H,2-8,10-11H2,1H3;3-4,6-7,10H,1,5,8-9H2,2H3. The maximum Gasteiger partial charge on any atom is 0.119 e. The minimum atomic E-state index is 0.591. The molecule has 0 unspecified atom stereocenters. The van der Waals surface area contributed by atoms with Gasteiger partial charge in [0.25, 0.3) is 0 Å². The largest absolute Gasteiger partial charge is 0.491 e. The van der Waals surface area contributed by atoms with Crippen molar-refractivity contribution >= 4 is 16.3 Å². The van der Waals surface area contributed by atoms with Gasteiger partial charge >= 0.3 is 0 Å². The predicted molar refractivity (Wildman–Crippen MR) is 142 cm³/mol. The van der Waals surface area contributed by atoms with Crippen molar-refractivity contribution < 1.29 is 9.47 Å². The average Bonchev–Trinajstić information content (AvgIpc) is 3.23. The molecular formula is C28H39N3O2S. The summed E-state index contributed by atoms with van der Waals surface area (Å²) in [7, 11) is 3.58. The quantitative estimate of drug-likeness (QED) is 0.349. The van der Waals surface area contributed by atoms with E-state index < -0.39 is 0 Å². The number of nitrogens with zero attached hydrogens (tertiary/aromatic N) is 2. The fraction of sp³-hybridized carbons (Fsp3) is 0.536. The van der Waals surface area contributed by atoms with E-state index in [-0.39, 0.29) is 0 Å². The van der Waals surface area contributed by atoms with E-state index in [4.69, 9.17) is 9.47 Å². The highest BCUT2D eigenvalue weighted by Crippen LogP contribution is 2.37. The Hall–Kier alpha value is -2.33. The lowest BCUT2D eigenvalue weighted by molar-refractivity contribution is 0.146. The zero-order valence-corrected chi connectivity index (χ0v) is 21.6. The lowest BCUT2D eigenvalue weighted by Gasteiger charge is -2.32. The number of hydrogen-bond donors (Lipinski definition) is 1. The van der Waals surface area contributed by atoms with Crippen LogP contribution < -0.4 is 10.1 Å². The topological polar surface area (TPSA) is 57.5 Å². The van der Waals surface area contributed by atoms with Gasteiger partial charge in [-0.3, -0.25) is 4.90 Å². The number of anilines is 1. The van der Waals surface area contributed by atoms with Crippen LogP contribution in [0.5, 0.6) is 5.75 Å². The Kier molecular flexibility index (Phi) is 10.9. The summed E-state index contributed by atoms with van der Waals surface area (Å²) >= 11 is 1.77. The highest BCUT2D eigenvalue weighted by Gasteiger charge is 2.26. The van der Waals surface area contributed by atoms with E-state index >= 15 is 0 Å². The Bertz CT molecular complexity index is 944. The van der Waals surface area contributed by atoms with E-state index in [2.05, 4.69) is 28.9 Å². The van der Waals surface area contributed by atoms with Crippen molar-refractivity contribution in [3.63, 3.8) is 0 Å². The van der Waals surface area contributed by atoms with Gasteiger partial charge in [0.15, 0.2) is 0 Å². The molecule has 0 amide bonds. The fourth-order valence-corrected chi connectivity index (χ4v) is 5.90. The molecule has 1 aliphatic carbocycles. The molecular weight excluding hydrogens is 442 g/mol. The summed E-state index contributed by atoms with van der Waals surface area (Å²) in [6.07, 6.45) is 10.9. The number of thiophene rings is 1. The molecule has 0 saturated heterocycles. The highest BCUT2D eigenvalue weighted by molar-refractivity contribution is 7.16. The van der Waals surface area contributed by atoms with Crippen molar-refractivity contribution in [3.8, 4) is 11.8 Å². The molecule has 1 N–H and O–H groups in total. The van der Waals surface area contributed by atoms with Gasteiger partial charge in [-0.2, -0.15) is 5.26 Å². The minimum absolute atomic E-state index is 0.591. The molecule has 1 aliphatic heterocycles. The third-order valence-corrected chi connectivity index (χ3v) is 7.85. The molecule has 4 rings (SSSR count). The van der Waals surface area contributed by atoms with Crippen LogP contribution >= 0.6 is 11.3 Å². The first kappa shape index (κ1) is 26.3. The molecule has 34 heavy (non-hydrogen) atoms. The second-order valence-electron chi connectivity index (χ2n) is 9.04. The minimum Gasteiger partial charge on any atom is -0.491 e. The zero-order valence-electron chi connectivity index (χ0n) is 20.8. The molecule has 2 heterocycles. The van der Waals surface area contributed by atoms with Gasteiger partial charge in [-0.15, -0.1) is 17.9 Å². The number of ether oxygens (including phenoxy) is 2. The van der Waals surface area contributed by atoms with Crippen molar-refractivity contribution in [1.29, 1.82) is 5.26 Å². The normalized spacial score (nSPS) is 16.0. The number of rotatable bonds is 9. The first-order valence-electron chi connectivity index (χ1n) is 12.4. The van der Waals surface area contributed by atoms with E-state index in [9.17, 15) is 5.26 Å². The molecule has 184 valence electrons. The predicted octanol–water partition coefficient (Wildman–Crippen LogP) is 6.04. The molecule has 0 atom stereocenters. The molecule has 1 aromatic heterocycles. The van der Waals surface area contributed by atoms with Crippen LogP contribution in [0, 0.1) is 17.2 Å². The number of benzene rings is 1. The van der Waals surface area contributed by atoms with Gasteiger partial charge in [0.2, 0.25) is 0 Å². The van der Waals surface area contributed by atoms with Gasteiger partial charge in [0.1, 0.15) is 23.4 Å². The number of methoxy groups -OCH3 is 1. The van der Waals surface area contributed by atoms with Crippen LogP contribution in [0.15, 0.2) is 36.9 Å². The summed E-state index contributed by atoms with van der Waals surface area (Å²) in [5, 5.41) is 13.6. The van der Waals surface area contributed by atoms with E-state index in [1.54, 1.807) is 18.4 Å². The van der Waals surface area contributed by atoms with E-state index in [0.29, 0.717) is 13.2 Å².